The molecular formula is C18H18N4O2S2. The third-order valence-corrected chi connectivity index (χ3v) is 5.27. The Morgan fingerprint density at radius 3 is 2.85 bits per heavy atom. The number of aromatic nitrogens is 3. The number of carbonyl (C=O) groups excluding carboxylic acids is 1. The highest BCUT2D eigenvalue weighted by Gasteiger charge is 2.13. The molecule has 0 aliphatic heterocycles. The van der Waals surface area contributed by atoms with E-state index >= 15 is 0 Å². The van der Waals surface area contributed by atoms with Gasteiger partial charge < -0.3 is 9.88 Å². The van der Waals surface area contributed by atoms with Gasteiger partial charge in [-0.1, -0.05) is 47.7 Å². The second-order valence-electron chi connectivity index (χ2n) is 5.68. The predicted molar refractivity (Wildman–Crippen MR) is 106 cm³/mol. The molecular weight excluding hydrogens is 368 g/mol. The Balaban J connectivity index is 1.69. The standard InChI is InChI=1S/C18H18N4O2S2/c1-2-10-22-16-15(26-18(22)25)17(24)21(12-20-16)11-14(23)19-9-8-13-6-4-3-5-7-13/h2-7,12H,1,8-11H2,(H,19,23). The molecule has 0 aliphatic rings. The fraction of sp³-hybridized carbons (Fsp3) is 0.222. The van der Waals surface area contributed by atoms with Gasteiger partial charge in [-0.15, -0.1) is 6.58 Å². The first-order valence-electron chi connectivity index (χ1n) is 8.10. The summed E-state index contributed by atoms with van der Waals surface area (Å²) in [6.07, 6.45) is 3.84. The van der Waals surface area contributed by atoms with Crippen molar-refractivity contribution in [2.45, 2.75) is 19.5 Å². The van der Waals surface area contributed by atoms with E-state index in [1.54, 1.807) is 10.6 Å². The Labute approximate surface area is 159 Å². The van der Waals surface area contributed by atoms with E-state index in [0.717, 1.165) is 12.0 Å². The number of carbonyl (C=O) groups is 1. The highest BCUT2D eigenvalue weighted by atomic mass is 32.1. The van der Waals surface area contributed by atoms with E-state index < -0.39 is 0 Å². The second kappa shape index (κ2) is 8.20. The van der Waals surface area contributed by atoms with E-state index in [9.17, 15) is 9.59 Å². The van der Waals surface area contributed by atoms with Crippen LogP contribution in [0.15, 0.2) is 54.1 Å². The fourth-order valence-electron chi connectivity index (χ4n) is 2.58. The normalized spacial score (nSPS) is 10.8. The highest BCUT2D eigenvalue weighted by molar-refractivity contribution is 7.73. The minimum absolute atomic E-state index is 0.0668. The van der Waals surface area contributed by atoms with Gasteiger partial charge in [0.05, 0.1) is 0 Å². The molecule has 2 heterocycles. The Morgan fingerprint density at radius 2 is 2.12 bits per heavy atom. The van der Waals surface area contributed by atoms with Crippen LogP contribution in [-0.4, -0.2) is 26.6 Å². The van der Waals surface area contributed by atoms with Gasteiger partial charge in [-0.05, 0) is 24.2 Å². The molecule has 8 heteroatoms. The zero-order valence-corrected chi connectivity index (χ0v) is 15.7. The molecule has 3 aromatic rings. The molecule has 3 rings (SSSR count). The Morgan fingerprint density at radius 1 is 1.35 bits per heavy atom. The molecule has 1 amide bonds. The second-order valence-corrected chi connectivity index (χ2v) is 7.33. The number of hydrogen-bond donors (Lipinski definition) is 1. The van der Waals surface area contributed by atoms with Crippen LogP contribution in [0, 0.1) is 3.95 Å². The van der Waals surface area contributed by atoms with Gasteiger partial charge in [0.1, 0.15) is 17.6 Å². The van der Waals surface area contributed by atoms with Crippen molar-refractivity contribution in [1.29, 1.82) is 0 Å². The summed E-state index contributed by atoms with van der Waals surface area (Å²) in [5.41, 5.74) is 1.43. The number of fused-ring (bicyclic) bond motifs is 1. The molecule has 0 atom stereocenters. The van der Waals surface area contributed by atoms with Crippen molar-refractivity contribution < 1.29 is 4.79 Å². The zero-order valence-electron chi connectivity index (χ0n) is 14.1. The molecule has 0 saturated carbocycles. The van der Waals surface area contributed by atoms with Crippen LogP contribution in [0.4, 0.5) is 0 Å². The summed E-state index contributed by atoms with van der Waals surface area (Å²) in [5.74, 6) is -0.224. The van der Waals surface area contributed by atoms with Gasteiger partial charge in [-0.2, -0.15) is 0 Å². The zero-order chi connectivity index (χ0) is 18.5. The number of benzene rings is 1. The van der Waals surface area contributed by atoms with Crippen molar-refractivity contribution in [2.24, 2.45) is 0 Å². The molecule has 0 unspecified atom stereocenters. The number of nitrogens with zero attached hydrogens (tertiary/aromatic N) is 3. The van der Waals surface area contributed by atoms with Gasteiger partial charge in [-0.25, -0.2) is 4.98 Å². The molecule has 6 nitrogen and oxygen atoms in total. The van der Waals surface area contributed by atoms with E-state index in [2.05, 4.69) is 16.9 Å². The van der Waals surface area contributed by atoms with Crippen LogP contribution in [0.5, 0.6) is 0 Å². The van der Waals surface area contributed by atoms with E-state index in [4.69, 9.17) is 12.2 Å². The van der Waals surface area contributed by atoms with Crippen molar-refractivity contribution >= 4 is 39.8 Å². The van der Waals surface area contributed by atoms with Crippen LogP contribution in [-0.2, 0) is 24.3 Å². The lowest BCUT2D eigenvalue weighted by Crippen LogP contribution is -2.33. The minimum Gasteiger partial charge on any atom is -0.354 e. The van der Waals surface area contributed by atoms with Crippen molar-refractivity contribution in [3.05, 3.63) is 69.2 Å². The van der Waals surface area contributed by atoms with E-state index in [0.29, 0.717) is 27.4 Å². The van der Waals surface area contributed by atoms with Crippen molar-refractivity contribution in [1.82, 2.24) is 19.4 Å². The smallest absolute Gasteiger partial charge is 0.273 e. The van der Waals surface area contributed by atoms with E-state index in [1.807, 2.05) is 30.3 Å². The molecule has 2 aromatic heterocycles. The van der Waals surface area contributed by atoms with E-state index in [1.165, 1.54) is 22.2 Å². The summed E-state index contributed by atoms with van der Waals surface area (Å²) in [6.45, 7) is 4.63. The first-order valence-corrected chi connectivity index (χ1v) is 9.33. The number of hydrogen-bond acceptors (Lipinski definition) is 5. The monoisotopic (exact) mass is 386 g/mol. The van der Waals surface area contributed by atoms with Gasteiger partial charge in [0.15, 0.2) is 9.60 Å². The number of amides is 1. The molecule has 1 aromatic carbocycles. The first kappa shape index (κ1) is 18.2. The van der Waals surface area contributed by atoms with Gasteiger partial charge in [0.25, 0.3) is 5.56 Å². The number of rotatable bonds is 7. The van der Waals surface area contributed by atoms with Crippen LogP contribution in [0.3, 0.4) is 0 Å². The summed E-state index contributed by atoms with van der Waals surface area (Å²) >= 11 is 6.48. The lowest BCUT2D eigenvalue weighted by molar-refractivity contribution is -0.121. The Kier molecular flexibility index (Phi) is 5.75. The van der Waals surface area contributed by atoms with Gasteiger partial charge in [0, 0.05) is 13.1 Å². The molecule has 0 aliphatic carbocycles. The van der Waals surface area contributed by atoms with Gasteiger partial charge in [0.2, 0.25) is 5.91 Å². The largest absolute Gasteiger partial charge is 0.354 e. The first-order chi connectivity index (χ1) is 12.6. The summed E-state index contributed by atoms with van der Waals surface area (Å²) in [4.78, 5) is 29.0. The maximum Gasteiger partial charge on any atom is 0.273 e. The summed E-state index contributed by atoms with van der Waals surface area (Å²) in [7, 11) is 0. The Hall–Kier alpha value is -2.58. The van der Waals surface area contributed by atoms with Crippen LogP contribution < -0.4 is 10.9 Å². The third kappa shape index (κ3) is 3.97. The van der Waals surface area contributed by atoms with Gasteiger partial charge in [-0.3, -0.25) is 14.2 Å². The van der Waals surface area contributed by atoms with Gasteiger partial charge >= 0.3 is 0 Å². The molecule has 0 bridgehead atoms. The quantitative estimate of drug-likeness (QED) is 0.500. The molecule has 0 fully saturated rings. The number of nitrogens with one attached hydrogen (secondary N) is 1. The topological polar surface area (TPSA) is 68.9 Å². The fourth-order valence-corrected chi connectivity index (χ4v) is 3.89. The SMILES string of the molecule is C=CCn1c(=S)sc2c(=O)n(CC(=O)NCCc3ccccc3)cnc21. The maximum absolute atomic E-state index is 12.6. The third-order valence-electron chi connectivity index (χ3n) is 3.85. The lowest BCUT2D eigenvalue weighted by atomic mass is 10.1. The van der Waals surface area contributed by atoms with E-state index in [-0.39, 0.29) is 18.0 Å². The van der Waals surface area contributed by atoms with Crippen LogP contribution in [0.2, 0.25) is 0 Å². The average molecular weight is 387 g/mol. The summed E-state index contributed by atoms with van der Waals surface area (Å²) in [6, 6.07) is 9.90. The molecule has 0 saturated heterocycles. The molecule has 26 heavy (non-hydrogen) atoms. The maximum atomic E-state index is 12.6. The van der Waals surface area contributed by atoms with Crippen molar-refractivity contribution in [3.8, 4) is 0 Å². The molecule has 1 N–H and O–H groups in total. The molecule has 0 spiro atoms. The van der Waals surface area contributed by atoms with Crippen molar-refractivity contribution in [3.63, 3.8) is 0 Å². The lowest BCUT2D eigenvalue weighted by Gasteiger charge is -2.07. The molecule has 0 radical (unpaired) electrons. The van der Waals surface area contributed by atoms with Crippen LogP contribution >= 0.6 is 23.6 Å². The van der Waals surface area contributed by atoms with Crippen LogP contribution in [0.25, 0.3) is 10.3 Å². The predicted octanol–water partition coefficient (Wildman–Crippen LogP) is 2.53. The Bertz CT molecular complexity index is 1050. The highest BCUT2D eigenvalue weighted by Crippen LogP contribution is 2.17. The number of allylic oxidation sites excluding steroid dienone is 1. The summed E-state index contributed by atoms with van der Waals surface area (Å²) < 4.78 is 4.09. The van der Waals surface area contributed by atoms with Crippen molar-refractivity contribution in [2.75, 3.05) is 6.54 Å². The molecule has 134 valence electrons. The number of thiazole rings is 1. The summed E-state index contributed by atoms with van der Waals surface area (Å²) in [5, 5.41) is 2.83. The van der Waals surface area contributed by atoms with Crippen LogP contribution in [0.1, 0.15) is 5.56 Å². The average Bonchev–Trinajstić information content (AvgIpc) is 2.95. The minimum atomic E-state index is -0.257.